The molecule has 0 bridgehead atoms. The third-order valence-corrected chi connectivity index (χ3v) is 5.31. The fraction of sp³-hybridized carbons (Fsp3) is 0.583. The van der Waals surface area contributed by atoms with Crippen molar-refractivity contribution in [2.75, 3.05) is 25.5 Å². The molecule has 2 N–H and O–H groups in total. The molecule has 0 aliphatic carbocycles. The van der Waals surface area contributed by atoms with Crippen LogP contribution in [0.2, 0.25) is 0 Å². The molecule has 1 saturated heterocycles. The topological polar surface area (TPSA) is 82.5 Å². The van der Waals surface area contributed by atoms with Gasteiger partial charge in [0.1, 0.15) is 5.82 Å². The lowest BCUT2D eigenvalue weighted by atomic mass is 9.99. The highest BCUT2D eigenvalue weighted by Crippen LogP contribution is 2.24. The van der Waals surface area contributed by atoms with Crippen molar-refractivity contribution >= 4 is 15.8 Å². The Kier molecular flexibility index (Phi) is 4.07. The van der Waals surface area contributed by atoms with E-state index in [2.05, 4.69) is 10.3 Å². The number of aromatic nitrogens is 1. The summed E-state index contributed by atoms with van der Waals surface area (Å²) in [6, 6.07) is 3.01. The van der Waals surface area contributed by atoms with E-state index >= 15 is 0 Å². The summed E-state index contributed by atoms with van der Waals surface area (Å²) in [5.41, 5.74) is 0. The summed E-state index contributed by atoms with van der Waals surface area (Å²) in [4.78, 5) is 4.24. The lowest BCUT2D eigenvalue weighted by Crippen LogP contribution is -2.44. The largest absolute Gasteiger partial charge is 0.393 e. The van der Waals surface area contributed by atoms with E-state index in [0.29, 0.717) is 25.3 Å². The molecule has 7 heteroatoms. The SMILES string of the molecule is CNc1cc(S(=O)(=O)N2CCC(O)C(C)C2)ccn1. The van der Waals surface area contributed by atoms with Gasteiger partial charge in [-0.1, -0.05) is 6.92 Å². The number of sulfonamides is 1. The summed E-state index contributed by atoms with van der Waals surface area (Å²) >= 11 is 0. The van der Waals surface area contributed by atoms with Crippen molar-refractivity contribution in [2.45, 2.75) is 24.3 Å². The molecule has 6 nitrogen and oxygen atoms in total. The minimum Gasteiger partial charge on any atom is -0.393 e. The number of aliphatic hydroxyl groups is 1. The van der Waals surface area contributed by atoms with E-state index in [4.69, 9.17) is 0 Å². The Bertz CT molecular complexity index is 547. The predicted molar refractivity (Wildman–Crippen MR) is 72.3 cm³/mol. The summed E-state index contributed by atoms with van der Waals surface area (Å²) in [6.45, 7) is 2.56. The Labute approximate surface area is 113 Å². The van der Waals surface area contributed by atoms with Gasteiger partial charge in [0, 0.05) is 32.4 Å². The summed E-state index contributed by atoms with van der Waals surface area (Å²) in [6.07, 6.45) is 1.53. The second-order valence-electron chi connectivity index (χ2n) is 4.82. The molecule has 19 heavy (non-hydrogen) atoms. The van der Waals surface area contributed by atoms with Crippen LogP contribution in [0.3, 0.4) is 0 Å². The fourth-order valence-corrected chi connectivity index (χ4v) is 3.74. The first kappa shape index (κ1) is 14.2. The highest BCUT2D eigenvalue weighted by atomic mass is 32.2. The lowest BCUT2D eigenvalue weighted by molar-refractivity contribution is 0.0628. The van der Waals surface area contributed by atoms with Gasteiger partial charge in [-0.2, -0.15) is 4.31 Å². The maximum Gasteiger partial charge on any atom is 0.243 e. The number of aliphatic hydroxyl groups excluding tert-OH is 1. The van der Waals surface area contributed by atoms with Crippen LogP contribution in [0.15, 0.2) is 23.2 Å². The molecule has 0 radical (unpaired) electrons. The quantitative estimate of drug-likeness (QED) is 0.846. The molecule has 1 fully saturated rings. The van der Waals surface area contributed by atoms with Gasteiger partial charge in [-0.05, 0) is 18.4 Å². The second-order valence-corrected chi connectivity index (χ2v) is 6.76. The van der Waals surface area contributed by atoms with E-state index in [1.165, 1.54) is 22.6 Å². The highest BCUT2D eigenvalue weighted by molar-refractivity contribution is 7.89. The number of piperidine rings is 1. The number of hydrogen-bond donors (Lipinski definition) is 2. The zero-order valence-corrected chi connectivity index (χ0v) is 11.9. The zero-order valence-electron chi connectivity index (χ0n) is 11.1. The van der Waals surface area contributed by atoms with Crippen molar-refractivity contribution in [1.29, 1.82) is 0 Å². The summed E-state index contributed by atoms with van der Waals surface area (Å²) in [7, 11) is -1.82. The third-order valence-electron chi connectivity index (χ3n) is 3.45. The monoisotopic (exact) mass is 285 g/mol. The molecule has 2 heterocycles. The van der Waals surface area contributed by atoms with Gasteiger partial charge in [0.25, 0.3) is 0 Å². The van der Waals surface area contributed by atoms with E-state index < -0.39 is 16.1 Å². The van der Waals surface area contributed by atoms with Gasteiger partial charge in [0.15, 0.2) is 0 Å². The number of anilines is 1. The number of pyridine rings is 1. The molecule has 0 spiro atoms. The summed E-state index contributed by atoms with van der Waals surface area (Å²) < 4.78 is 26.4. The summed E-state index contributed by atoms with van der Waals surface area (Å²) in [5, 5.41) is 12.5. The first-order valence-electron chi connectivity index (χ1n) is 6.27. The Morgan fingerprint density at radius 3 is 2.89 bits per heavy atom. The second kappa shape index (κ2) is 5.44. The molecule has 1 aliphatic rings. The van der Waals surface area contributed by atoms with Gasteiger partial charge in [-0.15, -0.1) is 0 Å². The van der Waals surface area contributed by atoms with E-state index in [0.717, 1.165) is 0 Å². The molecule has 1 aromatic heterocycles. The van der Waals surface area contributed by atoms with Crippen LogP contribution in [0.4, 0.5) is 5.82 Å². The summed E-state index contributed by atoms with van der Waals surface area (Å²) in [5.74, 6) is 0.473. The van der Waals surface area contributed by atoms with E-state index in [9.17, 15) is 13.5 Å². The van der Waals surface area contributed by atoms with Crippen molar-refractivity contribution < 1.29 is 13.5 Å². The van der Waals surface area contributed by atoms with Crippen LogP contribution in [0.25, 0.3) is 0 Å². The number of hydrogen-bond acceptors (Lipinski definition) is 5. The minimum absolute atomic E-state index is 0.0471. The van der Waals surface area contributed by atoms with Crippen molar-refractivity contribution in [1.82, 2.24) is 9.29 Å². The van der Waals surface area contributed by atoms with E-state index in [1.807, 2.05) is 6.92 Å². The normalized spacial score (nSPS) is 25.2. The van der Waals surface area contributed by atoms with Crippen LogP contribution < -0.4 is 5.32 Å². The first-order chi connectivity index (χ1) is 8.95. The number of rotatable bonds is 3. The average Bonchev–Trinajstić information content (AvgIpc) is 2.41. The average molecular weight is 285 g/mol. The molecule has 2 unspecified atom stereocenters. The van der Waals surface area contributed by atoms with Gasteiger partial charge >= 0.3 is 0 Å². The van der Waals surface area contributed by atoms with E-state index in [1.54, 1.807) is 7.05 Å². The van der Waals surface area contributed by atoms with Gasteiger partial charge in [-0.25, -0.2) is 13.4 Å². The Morgan fingerprint density at radius 2 is 2.26 bits per heavy atom. The van der Waals surface area contributed by atoms with Gasteiger partial charge in [0.2, 0.25) is 10.0 Å². The molecule has 0 saturated carbocycles. The molecule has 1 aromatic rings. The van der Waals surface area contributed by atoms with Gasteiger partial charge < -0.3 is 10.4 Å². The van der Waals surface area contributed by atoms with Crippen LogP contribution in [-0.4, -0.2) is 49.1 Å². The predicted octanol–water partition coefficient (Wildman–Crippen LogP) is 0.515. The standard InChI is InChI=1S/C12H19N3O3S/c1-9-8-15(6-4-11(9)16)19(17,18)10-3-5-14-12(7-10)13-2/h3,5,7,9,11,16H,4,6,8H2,1-2H3,(H,13,14). The molecule has 106 valence electrons. The van der Waals surface area contributed by atoms with Crippen molar-refractivity contribution in [3.63, 3.8) is 0 Å². The smallest absolute Gasteiger partial charge is 0.243 e. The van der Waals surface area contributed by atoms with Crippen LogP contribution >= 0.6 is 0 Å². The molecular weight excluding hydrogens is 266 g/mol. The molecule has 0 aromatic carbocycles. The van der Waals surface area contributed by atoms with Crippen molar-refractivity contribution in [3.8, 4) is 0 Å². The third kappa shape index (κ3) is 2.88. The fourth-order valence-electron chi connectivity index (χ4n) is 2.17. The molecular formula is C12H19N3O3S. The maximum atomic E-state index is 12.5. The molecule has 0 amide bonds. The Balaban J connectivity index is 2.27. The van der Waals surface area contributed by atoms with Crippen LogP contribution in [0.5, 0.6) is 0 Å². The van der Waals surface area contributed by atoms with Gasteiger partial charge in [-0.3, -0.25) is 0 Å². The molecule has 2 atom stereocenters. The van der Waals surface area contributed by atoms with Crippen LogP contribution in [-0.2, 0) is 10.0 Å². The molecule has 2 rings (SSSR count). The van der Waals surface area contributed by atoms with Crippen LogP contribution in [0, 0.1) is 5.92 Å². The Hall–Kier alpha value is -1.18. The van der Waals surface area contributed by atoms with E-state index in [-0.39, 0.29) is 10.8 Å². The van der Waals surface area contributed by atoms with Crippen molar-refractivity contribution in [2.24, 2.45) is 5.92 Å². The lowest BCUT2D eigenvalue weighted by Gasteiger charge is -2.33. The zero-order chi connectivity index (χ0) is 14.0. The Morgan fingerprint density at radius 1 is 1.53 bits per heavy atom. The number of nitrogens with zero attached hydrogens (tertiary/aromatic N) is 2. The first-order valence-corrected chi connectivity index (χ1v) is 7.71. The van der Waals surface area contributed by atoms with Crippen LogP contribution in [0.1, 0.15) is 13.3 Å². The van der Waals surface area contributed by atoms with Gasteiger partial charge in [0.05, 0.1) is 11.0 Å². The molecule has 1 aliphatic heterocycles. The minimum atomic E-state index is -3.51. The maximum absolute atomic E-state index is 12.5. The highest BCUT2D eigenvalue weighted by Gasteiger charge is 2.32. The van der Waals surface area contributed by atoms with Crippen molar-refractivity contribution in [3.05, 3.63) is 18.3 Å². The number of nitrogens with one attached hydrogen (secondary N) is 1.